The van der Waals surface area contributed by atoms with Crippen LogP contribution in [0.15, 0.2) is 12.4 Å². The molecule has 1 heterocycles. The van der Waals surface area contributed by atoms with Gasteiger partial charge in [0.1, 0.15) is 5.82 Å². The highest BCUT2D eigenvalue weighted by Gasteiger charge is 2.02. The molecule has 1 aromatic heterocycles. The van der Waals surface area contributed by atoms with Crippen LogP contribution >= 0.6 is 0 Å². The Balaban J connectivity index is 2.69. The summed E-state index contributed by atoms with van der Waals surface area (Å²) in [4.78, 5) is 8.14. The predicted molar refractivity (Wildman–Crippen MR) is 46.9 cm³/mol. The summed E-state index contributed by atoms with van der Waals surface area (Å²) in [7, 11) is 0. The van der Waals surface area contributed by atoms with Crippen LogP contribution in [0.5, 0.6) is 0 Å². The minimum absolute atomic E-state index is 0.0143. The Bertz CT molecular complexity index is 252. The van der Waals surface area contributed by atoms with Crippen molar-refractivity contribution in [1.29, 1.82) is 0 Å². The number of aromatic nitrogens is 2. The van der Waals surface area contributed by atoms with E-state index >= 15 is 0 Å². The summed E-state index contributed by atoms with van der Waals surface area (Å²) in [5.41, 5.74) is 0.845. The Hall–Kier alpha value is -1.16. The van der Waals surface area contributed by atoms with E-state index in [1.54, 1.807) is 12.4 Å². The Kier molecular flexibility index (Phi) is 2.99. The zero-order valence-electron chi connectivity index (χ0n) is 7.28. The highest BCUT2D eigenvalue weighted by molar-refractivity contribution is 5.39. The molecule has 0 fully saturated rings. The van der Waals surface area contributed by atoms with Gasteiger partial charge in [0.15, 0.2) is 0 Å². The molecule has 0 aliphatic rings. The molecule has 0 bridgehead atoms. The number of anilines is 1. The van der Waals surface area contributed by atoms with Gasteiger partial charge < -0.3 is 10.4 Å². The average molecular weight is 167 g/mol. The van der Waals surface area contributed by atoms with Gasteiger partial charge in [0.2, 0.25) is 0 Å². The Morgan fingerprint density at radius 3 is 2.75 bits per heavy atom. The molecule has 12 heavy (non-hydrogen) atoms. The highest BCUT2D eigenvalue weighted by Crippen LogP contribution is 2.06. The van der Waals surface area contributed by atoms with Gasteiger partial charge in [-0.1, -0.05) is 0 Å². The molecular weight excluding hydrogens is 154 g/mol. The molecular formula is C8H13N3O. The van der Waals surface area contributed by atoms with Crippen LogP contribution < -0.4 is 5.32 Å². The van der Waals surface area contributed by atoms with Crippen molar-refractivity contribution in [2.24, 2.45) is 0 Å². The van der Waals surface area contributed by atoms with Crippen molar-refractivity contribution >= 4 is 5.82 Å². The molecule has 0 aromatic carbocycles. The van der Waals surface area contributed by atoms with Crippen LogP contribution in [0.1, 0.15) is 12.6 Å². The van der Waals surface area contributed by atoms with Crippen LogP contribution in [0.25, 0.3) is 0 Å². The summed E-state index contributed by atoms with van der Waals surface area (Å²) in [6.45, 7) is 3.85. The number of nitrogens with one attached hydrogen (secondary N) is 1. The molecule has 4 nitrogen and oxygen atoms in total. The first-order valence-corrected chi connectivity index (χ1v) is 3.89. The second kappa shape index (κ2) is 4.01. The van der Waals surface area contributed by atoms with Gasteiger partial charge in [-0.25, -0.2) is 4.98 Å². The zero-order valence-corrected chi connectivity index (χ0v) is 7.28. The molecule has 1 atom stereocenters. The lowest BCUT2D eigenvalue weighted by Gasteiger charge is -2.11. The summed E-state index contributed by atoms with van der Waals surface area (Å²) in [6, 6.07) is 0.0143. The number of aliphatic hydroxyl groups excluding tert-OH is 1. The summed E-state index contributed by atoms with van der Waals surface area (Å²) in [5, 5.41) is 11.8. The van der Waals surface area contributed by atoms with E-state index in [0.29, 0.717) is 0 Å². The quantitative estimate of drug-likeness (QED) is 0.691. The second-order valence-corrected chi connectivity index (χ2v) is 2.72. The minimum atomic E-state index is 0.0143. The van der Waals surface area contributed by atoms with Gasteiger partial charge in [0.05, 0.1) is 12.3 Å². The Morgan fingerprint density at radius 2 is 2.17 bits per heavy atom. The smallest absolute Gasteiger partial charge is 0.147 e. The van der Waals surface area contributed by atoms with Crippen LogP contribution in [-0.4, -0.2) is 27.7 Å². The molecule has 0 amide bonds. The van der Waals surface area contributed by atoms with Crippen LogP contribution in [0.2, 0.25) is 0 Å². The van der Waals surface area contributed by atoms with E-state index in [1.807, 2.05) is 13.8 Å². The van der Waals surface area contributed by atoms with Crippen LogP contribution in [0, 0.1) is 6.92 Å². The van der Waals surface area contributed by atoms with Gasteiger partial charge in [0, 0.05) is 18.4 Å². The maximum atomic E-state index is 8.78. The number of hydrogen-bond acceptors (Lipinski definition) is 4. The fourth-order valence-electron chi connectivity index (χ4n) is 0.828. The van der Waals surface area contributed by atoms with E-state index in [4.69, 9.17) is 5.11 Å². The summed E-state index contributed by atoms with van der Waals surface area (Å²) < 4.78 is 0. The third kappa shape index (κ3) is 2.17. The van der Waals surface area contributed by atoms with Crippen molar-refractivity contribution in [3.05, 3.63) is 18.1 Å². The highest BCUT2D eigenvalue weighted by atomic mass is 16.3. The topological polar surface area (TPSA) is 58.0 Å². The first-order chi connectivity index (χ1) is 5.74. The van der Waals surface area contributed by atoms with Crippen LogP contribution in [0.3, 0.4) is 0 Å². The Morgan fingerprint density at radius 1 is 1.50 bits per heavy atom. The summed E-state index contributed by atoms with van der Waals surface area (Å²) in [5.74, 6) is 0.735. The van der Waals surface area contributed by atoms with E-state index in [1.165, 1.54) is 0 Å². The first kappa shape index (κ1) is 8.93. The molecule has 0 aliphatic heterocycles. The monoisotopic (exact) mass is 167 g/mol. The van der Waals surface area contributed by atoms with Crippen molar-refractivity contribution in [2.75, 3.05) is 11.9 Å². The maximum absolute atomic E-state index is 8.78. The largest absolute Gasteiger partial charge is 0.394 e. The van der Waals surface area contributed by atoms with Crippen molar-refractivity contribution in [1.82, 2.24) is 9.97 Å². The van der Waals surface area contributed by atoms with Crippen LogP contribution in [-0.2, 0) is 0 Å². The van der Waals surface area contributed by atoms with Crippen molar-refractivity contribution < 1.29 is 5.11 Å². The third-order valence-electron chi connectivity index (χ3n) is 1.54. The molecule has 0 radical (unpaired) electrons. The van der Waals surface area contributed by atoms with Crippen molar-refractivity contribution in [3.63, 3.8) is 0 Å². The summed E-state index contributed by atoms with van der Waals surface area (Å²) >= 11 is 0. The molecule has 2 N–H and O–H groups in total. The number of aliphatic hydroxyl groups is 1. The van der Waals surface area contributed by atoms with Gasteiger partial charge in [-0.15, -0.1) is 0 Å². The molecule has 1 unspecified atom stereocenters. The molecule has 1 rings (SSSR count). The SMILES string of the molecule is Cc1nccnc1NC(C)CO. The number of rotatable bonds is 3. The number of nitrogens with zero attached hydrogens (tertiary/aromatic N) is 2. The van der Waals surface area contributed by atoms with Gasteiger partial charge in [-0.2, -0.15) is 0 Å². The maximum Gasteiger partial charge on any atom is 0.147 e. The summed E-state index contributed by atoms with van der Waals surface area (Å²) in [6.07, 6.45) is 3.27. The zero-order chi connectivity index (χ0) is 8.97. The predicted octanol–water partition coefficient (Wildman–Crippen LogP) is 0.578. The second-order valence-electron chi connectivity index (χ2n) is 2.72. The number of hydrogen-bond donors (Lipinski definition) is 2. The normalized spacial score (nSPS) is 12.6. The van der Waals surface area contributed by atoms with Crippen molar-refractivity contribution in [2.45, 2.75) is 19.9 Å². The van der Waals surface area contributed by atoms with E-state index in [9.17, 15) is 0 Å². The first-order valence-electron chi connectivity index (χ1n) is 3.89. The fraction of sp³-hybridized carbons (Fsp3) is 0.500. The van der Waals surface area contributed by atoms with Gasteiger partial charge >= 0.3 is 0 Å². The lowest BCUT2D eigenvalue weighted by molar-refractivity contribution is 0.281. The molecule has 1 aromatic rings. The molecule has 0 aliphatic carbocycles. The van der Waals surface area contributed by atoms with Gasteiger partial charge in [-0.05, 0) is 13.8 Å². The minimum Gasteiger partial charge on any atom is -0.394 e. The molecule has 4 heteroatoms. The standard InChI is InChI=1S/C8H13N3O/c1-6(5-12)11-8-7(2)9-3-4-10-8/h3-4,6,12H,5H2,1-2H3,(H,10,11). The van der Waals surface area contributed by atoms with E-state index in [-0.39, 0.29) is 12.6 Å². The molecule has 0 saturated carbocycles. The third-order valence-corrected chi connectivity index (χ3v) is 1.54. The average Bonchev–Trinajstić information content (AvgIpc) is 2.09. The van der Waals surface area contributed by atoms with E-state index in [0.717, 1.165) is 11.5 Å². The lowest BCUT2D eigenvalue weighted by atomic mass is 10.3. The lowest BCUT2D eigenvalue weighted by Crippen LogP contribution is -2.20. The van der Waals surface area contributed by atoms with E-state index < -0.39 is 0 Å². The molecule has 0 saturated heterocycles. The Labute approximate surface area is 71.7 Å². The van der Waals surface area contributed by atoms with E-state index in [2.05, 4.69) is 15.3 Å². The fourth-order valence-corrected chi connectivity index (χ4v) is 0.828. The van der Waals surface area contributed by atoms with Crippen molar-refractivity contribution in [3.8, 4) is 0 Å². The number of aryl methyl sites for hydroxylation is 1. The molecule has 0 spiro atoms. The van der Waals surface area contributed by atoms with Gasteiger partial charge in [0.25, 0.3) is 0 Å². The van der Waals surface area contributed by atoms with Gasteiger partial charge in [-0.3, -0.25) is 4.98 Å². The molecule has 66 valence electrons. The van der Waals surface area contributed by atoms with Crippen LogP contribution in [0.4, 0.5) is 5.82 Å².